The average Bonchev–Trinajstić information content (AvgIpc) is 3.39. The number of hydrogen-bond acceptors (Lipinski definition) is 0. The van der Waals surface area contributed by atoms with Gasteiger partial charge >= 0.3 is 0 Å². The topological polar surface area (TPSA) is 0 Å². The van der Waals surface area contributed by atoms with Crippen LogP contribution in [0.15, 0.2) is 243 Å². The SMILES string of the molecule is c1ccc2cc(-c3cccc4ccccc34)c(-c3ccc4c5ccccc5c5c6cc(-c7cc8ccccc8cc7-c7cccc8ccccc78)ccc6c6ccccc6c5c4c3)cc2c1. The smallest absolute Gasteiger partial charge is 0.00137 e. The fourth-order valence-electron chi connectivity index (χ4n) is 11.3. The van der Waals surface area contributed by atoms with E-state index >= 15 is 0 Å². The highest BCUT2D eigenvalue weighted by molar-refractivity contribution is 6.40. The molecule has 66 heavy (non-hydrogen) atoms. The van der Waals surface area contributed by atoms with E-state index in [1.54, 1.807) is 0 Å². The Balaban J connectivity index is 1.09. The van der Waals surface area contributed by atoms with Gasteiger partial charge in [0.25, 0.3) is 0 Å². The highest BCUT2D eigenvalue weighted by Gasteiger charge is 2.20. The van der Waals surface area contributed by atoms with Crippen molar-refractivity contribution in [3.8, 4) is 44.5 Å². The summed E-state index contributed by atoms with van der Waals surface area (Å²) in [6.45, 7) is 0. The van der Waals surface area contributed by atoms with Crippen LogP contribution < -0.4 is 0 Å². The Morgan fingerprint density at radius 3 is 0.864 bits per heavy atom. The van der Waals surface area contributed by atoms with Gasteiger partial charge in [0.05, 0.1) is 0 Å². The molecule has 0 bridgehead atoms. The summed E-state index contributed by atoms with van der Waals surface area (Å²) in [6.07, 6.45) is 0. The Labute approximate surface area is 382 Å². The van der Waals surface area contributed by atoms with Gasteiger partial charge in [-0.15, -0.1) is 0 Å². The number of rotatable bonds is 4. The Hall–Kier alpha value is -8.58. The largest absolute Gasteiger partial charge is 0.0616 e. The first kappa shape index (κ1) is 36.9. The second-order valence-electron chi connectivity index (χ2n) is 17.9. The zero-order chi connectivity index (χ0) is 43.3. The molecule has 0 N–H and O–H groups in total. The molecular formula is C66H40. The van der Waals surface area contributed by atoms with Crippen LogP contribution in [0.4, 0.5) is 0 Å². The average molecular weight is 833 g/mol. The molecular weight excluding hydrogens is 793 g/mol. The number of benzene rings is 14. The third kappa shape index (κ3) is 5.59. The van der Waals surface area contributed by atoms with E-state index in [1.807, 2.05) is 0 Å². The molecule has 14 aromatic rings. The molecule has 0 spiro atoms. The van der Waals surface area contributed by atoms with E-state index in [0.717, 1.165) is 0 Å². The molecule has 0 unspecified atom stereocenters. The first-order chi connectivity index (χ1) is 32.7. The van der Waals surface area contributed by atoms with Gasteiger partial charge in [0.15, 0.2) is 0 Å². The summed E-state index contributed by atoms with van der Waals surface area (Å²) >= 11 is 0. The Bertz CT molecular complexity index is 4050. The van der Waals surface area contributed by atoms with Gasteiger partial charge < -0.3 is 0 Å². The predicted octanol–water partition coefficient (Wildman–Crippen LogP) is 18.7. The van der Waals surface area contributed by atoms with Crippen molar-refractivity contribution in [1.82, 2.24) is 0 Å². The standard InChI is InChI=1S/C66H40/c1-3-19-45-37-61(51-29-13-21-41-15-5-7-23-49(41)51)59(35-43(45)17-1)47-31-33-55-53-25-9-12-28-58(53)66-64-40-48(32-34-56(64)54-26-10-11-27-57(54)65(66)63(55)39-47)60-36-44-18-2-4-20-46(44)38-62(60)52-30-14-22-42-16-6-8-24-50(42)52/h1-40H. The first-order valence-electron chi connectivity index (χ1n) is 23.0. The zero-order valence-electron chi connectivity index (χ0n) is 36.1. The molecule has 0 nitrogen and oxygen atoms in total. The fourth-order valence-corrected chi connectivity index (χ4v) is 11.3. The summed E-state index contributed by atoms with van der Waals surface area (Å²) < 4.78 is 0. The molecule has 0 heterocycles. The third-order valence-electron chi connectivity index (χ3n) is 14.4. The van der Waals surface area contributed by atoms with Gasteiger partial charge in [-0.25, -0.2) is 0 Å². The molecule has 0 aliphatic rings. The van der Waals surface area contributed by atoms with Crippen LogP contribution >= 0.6 is 0 Å². The summed E-state index contributed by atoms with van der Waals surface area (Å²) in [4.78, 5) is 0. The molecule has 0 aliphatic carbocycles. The number of fused-ring (bicyclic) bond motifs is 15. The van der Waals surface area contributed by atoms with Crippen molar-refractivity contribution >= 4 is 97.0 Å². The molecule has 14 aromatic carbocycles. The zero-order valence-corrected chi connectivity index (χ0v) is 36.1. The van der Waals surface area contributed by atoms with Crippen molar-refractivity contribution in [2.45, 2.75) is 0 Å². The van der Waals surface area contributed by atoms with Gasteiger partial charge in [0.1, 0.15) is 0 Å². The van der Waals surface area contributed by atoms with Crippen LogP contribution in [0.5, 0.6) is 0 Å². The van der Waals surface area contributed by atoms with Crippen molar-refractivity contribution in [3.63, 3.8) is 0 Å². The monoisotopic (exact) mass is 832 g/mol. The fraction of sp³-hybridized carbons (Fsp3) is 0. The molecule has 0 amide bonds. The lowest BCUT2D eigenvalue weighted by atomic mass is 9.83. The van der Waals surface area contributed by atoms with E-state index in [0.29, 0.717) is 0 Å². The Morgan fingerprint density at radius 1 is 0.152 bits per heavy atom. The van der Waals surface area contributed by atoms with Gasteiger partial charge in [-0.2, -0.15) is 0 Å². The van der Waals surface area contributed by atoms with Crippen molar-refractivity contribution in [1.29, 1.82) is 0 Å². The van der Waals surface area contributed by atoms with E-state index in [2.05, 4.69) is 243 Å². The van der Waals surface area contributed by atoms with E-state index in [-0.39, 0.29) is 0 Å². The van der Waals surface area contributed by atoms with Gasteiger partial charge in [-0.05, 0) is 178 Å². The second kappa shape index (κ2) is 14.5. The molecule has 0 heteroatoms. The van der Waals surface area contributed by atoms with Crippen LogP contribution in [-0.2, 0) is 0 Å². The summed E-state index contributed by atoms with van der Waals surface area (Å²) in [6, 6.07) is 90.8. The lowest BCUT2D eigenvalue weighted by molar-refractivity contribution is 1.64. The molecule has 0 saturated carbocycles. The van der Waals surface area contributed by atoms with Crippen LogP contribution in [0.1, 0.15) is 0 Å². The minimum absolute atomic E-state index is 1.21. The van der Waals surface area contributed by atoms with Crippen molar-refractivity contribution in [2.24, 2.45) is 0 Å². The van der Waals surface area contributed by atoms with E-state index in [4.69, 9.17) is 0 Å². The molecule has 14 rings (SSSR count). The highest BCUT2D eigenvalue weighted by Crippen LogP contribution is 2.48. The maximum absolute atomic E-state index is 2.49. The predicted molar refractivity (Wildman–Crippen MR) is 286 cm³/mol. The maximum atomic E-state index is 2.49. The van der Waals surface area contributed by atoms with Crippen LogP contribution in [-0.4, -0.2) is 0 Å². The van der Waals surface area contributed by atoms with Crippen LogP contribution in [0.3, 0.4) is 0 Å². The Kier molecular flexibility index (Phi) is 8.08. The third-order valence-corrected chi connectivity index (χ3v) is 14.4. The first-order valence-corrected chi connectivity index (χ1v) is 23.0. The van der Waals surface area contributed by atoms with Crippen LogP contribution in [0, 0.1) is 0 Å². The summed E-state index contributed by atoms with van der Waals surface area (Å²) in [5, 5.41) is 22.7. The van der Waals surface area contributed by atoms with Gasteiger partial charge in [-0.1, -0.05) is 206 Å². The van der Waals surface area contributed by atoms with E-state index in [1.165, 1.54) is 141 Å². The lowest BCUT2D eigenvalue weighted by Gasteiger charge is -2.19. The van der Waals surface area contributed by atoms with E-state index in [9.17, 15) is 0 Å². The van der Waals surface area contributed by atoms with Crippen LogP contribution in [0.25, 0.3) is 141 Å². The number of hydrogen-bond donors (Lipinski definition) is 0. The van der Waals surface area contributed by atoms with Crippen molar-refractivity contribution in [2.75, 3.05) is 0 Å². The molecule has 0 aromatic heterocycles. The lowest BCUT2D eigenvalue weighted by Crippen LogP contribution is -1.92. The molecule has 0 fully saturated rings. The van der Waals surface area contributed by atoms with Crippen LogP contribution in [0.2, 0.25) is 0 Å². The van der Waals surface area contributed by atoms with Crippen molar-refractivity contribution < 1.29 is 0 Å². The normalized spacial score (nSPS) is 11.9. The highest BCUT2D eigenvalue weighted by atomic mass is 14.2. The summed E-state index contributed by atoms with van der Waals surface area (Å²) in [7, 11) is 0. The molecule has 304 valence electrons. The maximum Gasteiger partial charge on any atom is -0.00137 e. The second-order valence-corrected chi connectivity index (χ2v) is 17.9. The van der Waals surface area contributed by atoms with Gasteiger partial charge in [-0.3, -0.25) is 0 Å². The molecule has 0 radical (unpaired) electrons. The van der Waals surface area contributed by atoms with E-state index < -0.39 is 0 Å². The quantitative estimate of drug-likeness (QED) is 0.155. The molecule has 0 aliphatic heterocycles. The summed E-state index contributed by atoms with van der Waals surface area (Å²) in [5.41, 5.74) is 9.87. The van der Waals surface area contributed by atoms with Crippen molar-refractivity contribution in [3.05, 3.63) is 243 Å². The Morgan fingerprint density at radius 2 is 0.455 bits per heavy atom. The van der Waals surface area contributed by atoms with Gasteiger partial charge in [0, 0.05) is 0 Å². The molecule has 0 atom stereocenters. The summed E-state index contributed by atoms with van der Waals surface area (Å²) in [5.74, 6) is 0. The minimum atomic E-state index is 1.21. The van der Waals surface area contributed by atoms with Gasteiger partial charge in [0.2, 0.25) is 0 Å². The molecule has 0 saturated heterocycles. The minimum Gasteiger partial charge on any atom is -0.0616 e.